The molecule has 7 nitrogen and oxygen atoms in total. The van der Waals surface area contributed by atoms with Gasteiger partial charge in [0, 0.05) is 12.1 Å². The standard InChI is InChI=1S/C18H25NO6S/c1-4-13(2)19(15-8-9-26(22,23)12-15)17(20)11-25-18(21)14-6-5-7-16(10-14)24-3/h5-7,10,13,15H,4,8-9,11-12H2,1-3H3/t13-,15+/m1/s1. The predicted octanol–water partition coefficient (Wildman–Crippen LogP) is 1.67. The number of rotatable bonds is 7. The molecule has 1 fully saturated rings. The first-order chi connectivity index (χ1) is 12.3. The van der Waals surface area contributed by atoms with Crippen LogP contribution in [0.4, 0.5) is 0 Å². The van der Waals surface area contributed by atoms with Crippen LogP contribution in [0.15, 0.2) is 24.3 Å². The molecule has 144 valence electrons. The predicted molar refractivity (Wildman–Crippen MR) is 96.9 cm³/mol. The Bertz CT molecular complexity index is 761. The molecule has 0 spiro atoms. The summed E-state index contributed by atoms with van der Waals surface area (Å²) in [6, 6.07) is 5.97. The van der Waals surface area contributed by atoms with Gasteiger partial charge in [-0.15, -0.1) is 0 Å². The molecular formula is C18H25NO6S. The van der Waals surface area contributed by atoms with Gasteiger partial charge in [-0.25, -0.2) is 13.2 Å². The van der Waals surface area contributed by atoms with Crippen molar-refractivity contribution >= 4 is 21.7 Å². The Morgan fingerprint density at radius 1 is 1.35 bits per heavy atom. The van der Waals surface area contributed by atoms with E-state index in [1.54, 1.807) is 23.1 Å². The van der Waals surface area contributed by atoms with E-state index in [1.807, 2.05) is 13.8 Å². The maximum Gasteiger partial charge on any atom is 0.338 e. The van der Waals surface area contributed by atoms with Crippen molar-refractivity contribution in [1.29, 1.82) is 0 Å². The van der Waals surface area contributed by atoms with Crippen molar-refractivity contribution in [1.82, 2.24) is 4.90 Å². The number of amides is 1. The molecule has 0 aliphatic carbocycles. The Morgan fingerprint density at radius 2 is 2.08 bits per heavy atom. The van der Waals surface area contributed by atoms with Crippen LogP contribution >= 0.6 is 0 Å². The van der Waals surface area contributed by atoms with Crippen molar-refractivity contribution in [3.05, 3.63) is 29.8 Å². The zero-order valence-corrected chi connectivity index (χ0v) is 16.1. The lowest BCUT2D eigenvalue weighted by molar-refractivity contribution is -0.138. The minimum absolute atomic E-state index is 0.0348. The van der Waals surface area contributed by atoms with Gasteiger partial charge in [0.25, 0.3) is 5.91 Å². The van der Waals surface area contributed by atoms with Gasteiger partial charge in [0.15, 0.2) is 16.4 Å². The lowest BCUT2D eigenvalue weighted by Gasteiger charge is -2.33. The van der Waals surface area contributed by atoms with Crippen molar-refractivity contribution in [3.8, 4) is 5.75 Å². The Hall–Kier alpha value is -2.09. The summed E-state index contributed by atoms with van der Waals surface area (Å²) >= 11 is 0. The van der Waals surface area contributed by atoms with Crippen LogP contribution in [0.1, 0.15) is 37.0 Å². The molecule has 0 unspecified atom stereocenters. The normalized spacial score (nSPS) is 19.6. The maximum absolute atomic E-state index is 12.6. The van der Waals surface area contributed by atoms with E-state index in [0.29, 0.717) is 18.6 Å². The van der Waals surface area contributed by atoms with E-state index < -0.39 is 22.4 Å². The molecule has 0 radical (unpaired) electrons. The van der Waals surface area contributed by atoms with E-state index >= 15 is 0 Å². The summed E-state index contributed by atoms with van der Waals surface area (Å²) in [5, 5.41) is 0. The number of carbonyl (C=O) groups is 2. The van der Waals surface area contributed by atoms with Crippen molar-refractivity contribution in [3.63, 3.8) is 0 Å². The van der Waals surface area contributed by atoms with Gasteiger partial charge in [-0.3, -0.25) is 4.79 Å². The average molecular weight is 383 g/mol. The van der Waals surface area contributed by atoms with Crippen LogP contribution in [-0.2, 0) is 19.4 Å². The molecule has 1 aromatic rings. The second kappa shape index (κ2) is 8.53. The number of hydrogen-bond donors (Lipinski definition) is 0. The van der Waals surface area contributed by atoms with E-state index in [9.17, 15) is 18.0 Å². The number of nitrogens with zero attached hydrogens (tertiary/aromatic N) is 1. The highest BCUT2D eigenvalue weighted by atomic mass is 32.2. The molecule has 8 heteroatoms. The van der Waals surface area contributed by atoms with Crippen molar-refractivity contribution in [2.75, 3.05) is 25.2 Å². The molecule has 1 saturated heterocycles. The van der Waals surface area contributed by atoms with Gasteiger partial charge in [-0.05, 0) is 38.0 Å². The fraction of sp³-hybridized carbons (Fsp3) is 0.556. The number of sulfone groups is 1. The Kier molecular flexibility index (Phi) is 6.63. The monoisotopic (exact) mass is 383 g/mol. The van der Waals surface area contributed by atoms with Gasteiger partial charge in [0.2, 0.25) is 0 Å². The molecule has 1 aliphatic heterocycles. The van der Waals surface area contributed by atoms with Crippen LogP contribution < -0.4 is 4.74 Å². The molecule has 1 aliphatic rings. The lowest BCUT2D eigenvalue weighted by atomic mass is 10.1. The fourth-order valence-electron chi connectivity index (χ4n) is 3.04. The highest BCUT2D eigenvalue weighted by Crippen LogP contribution is 2.21. The summed E-state index contributed by atoms with van der Waals surface area (Å²) in [6.45, 7) is 3.38. The first-order valence-electron chi connectivity index (χ1n) is 8.60. The molecule has 0 N–H and O–H groups in total. The second-order valence-electron chi connectivity index (χ2n) is 6.42. The van der Waals surface area contributed by atoms with Crippen LogP contribution in [0.3, 0.4) is 0 Å². The summed E-state index contributed by atoms with van der Waals surface area (Å²) in [4.78, 5) is 26.3. The van der Waals surface area contributed by atoms with E-state index in [4.69, 9.17) is 9.47 Å². The number of carbonyl (C=O) groups excluding carboxylic acids is 2. The summed E-state index contributed by atoms with van der Waals surface area (Å²) in [5.74, 6) is -0.435. The van der Waals surface area contributed by atoms with Crippen LogP contribution in [-0.4, -0.2) is 62.5 Å². The van der Waals surface area contributed by atoms with E-state index in [0.717, 1.165) is 0 Å². The zero-order valence-electron chi connectivity index (χ0n) is 15.3. The quantitative estimate of drug-likeness (QED) is 0.665. The van der Waals surface area contributed by atoms with Gasteiger partial charge >= 0.3 is 5.97 Å². The van der Waals surface area contributed by atoms with Gasteiger partial charge in [0.1, 0.15) is 5.75 Å². The number of hydrogen-bond acceptors (Lipinski definition) is 6. The molecule has 1 amide bonds. The minimum Gasteiger partial charge on any atom is -0.497 e. The third kappa shape index (κ3) is 4.97. The maximum atomic E-state index is 12.6. The van der Waals surface area contributed by atoms with Gasteiger partial charge in [-0.1, -0.05) is 13.0 Å². The van der Waals surface area contributed by atoms with Crippen LogP contribution in [0.2, 0.25) is 0 Å². The van der Waals surface area contributed by atoms with Gasteiger partial charge in [-0.2, -0.15) is 0 Å². The van der Waals surface area contributed by atoms with Crippen LogP contribution in [0.25, 0.3) is 0 Å². The number of ether oxygens (including phenoxy) is 2. The smallest absolute Gasteiger partial charge is 0.338 e. The Balaban J connectivity index is 2.03. The molecule has 0 bridgehead atoms. The molecule has 1 aromatic carbocycles. The third-order valence-corrected chi connectivity index (χ3v) is 6.34. The fourth-order valence-corrected chi connectivity index (χ4v) is 4.75. The summed E-state index contributed by atoms with van der Waals surface area (Å²) in [5.41, 5.74) is 0.288. The topological polar surface area (TPSA) is 90.0 Å². The largest absolute Gasteiger partial charge is 0.497 e. The molecule has 0 saturated carbocycles. The Morgan fingerprint density at radius 3 is 2.65 bits per heavy atom. The molecule has 26 heavy (non-hydrogen) atoms. The highest BCUT2D eigenvalue weighted by Gasteiger charge is 2.36. The van der Waals surface area contributed by atoms with E-state index in [2.05, 4.69) is 0 Å². The number of methoxy groups -OCH3 is 1. The minimum atomic E-state index is -3.11. The Labute approximate surface area is 154 Å². The summed E-state index contributed by atoms with van der Waals surface area (Å²) < 4.78 is 33.7. The van der Waals surface area contributed by atoms with Crippen molar-refractivity contribution in [2.45, 2.75) is 38.8 Å². The van der Waals surface area contributed by atoms with Crippen LogP contribution in [0, 0.1) is 0 Å². The van der Waals surface area contributed by atoms with Gasteiger partial charge < -0.3 is 14.4 Å². The van der Waals surface area contributed by atoms with E-state index in [1.165, 1.54) is 13.2 Å². The van der Waals surface area contributed by atoms with E-state index in [-0.39, 0.29) is 35.1 Å². The molecule has 2 rings (SSSR count). The van der Waals surface area contributed by atoms with Gasteiger partial charge in [0.05, 0.1) is 24.2 Å². The number of benzene rings is 1. The number of esters is 1. The second-order valence-corrected chi connectivity index (χ2v) is 8.65. The summed E-state index contributed by atoms with van der Waals surface area (Å²) in [7, 11) is -1.62. The SMILES string of the molecule is CC[C@@H](C)N(C(=O)COC(=O)c1cccc(OC)c1)[C@H]1CCS(=O)(=O)C1. The van der Waals surface area contributed by atoms with Crippen molar-refractivity contribution < 1.29 is 27.5 Å². The molecule has 0 aromatic heterocycles. The third-order valence-electron chi connectivity index (χ3n) is 4.59. The average Bonchev–Trinajstić information content (AvgIpc) is 2.98. The summed E-state index contributed by atoms with van der Waals surface area (Å²) in [6.07, 6.45) is 1.11. The lowest BCUT2D eigenvalue weighted by Crippen LogP contribution is -2.48. The zero-order chi connectivity index (χ0) is 19.3. The van der Waals surface area contributed by atoms with Crippen molar-refractivity contribution in [2.24, 2.45) is 0 Å². The molecular weight excluding hydrogens is 358 g/mol. The highest BCUT2D eigenvalue weighted by molar-refractivity contribution is 7.91. The van der Waals surface area contributed by atoms with Crippen LogP contribution in [0.5, 0.6) is 5.75 Å². The molecule has 2 atom stereocenters. The first kappa shape index (κ1) is 20.2. The first-order valence-corrected chi connectivity index (χ1v) is 10.4. The molecule has 1 heterocycles.